The van der Waals surface area contributed by atoms with E-state index in [1.165, 1.54) is 5.56 Å². The number of hydrogen-bond donors (Lipinski definition) is 2. The smallest absolute Gasteiger partial charge is 0.213 e. The Balaban J connectivity index is 0.00000264. The molecule has 0 unspecified atom stereocenters. The molecule has 0 amide bonds. The first-order valence-corrected chi connectivity index (χ1v) is 8.19. The molecule has 5 nitrogen and oxygen atoms in total. The molecule has 2 aromatic rings. The SMILES string of the molecule is CN=C(NCc1ccc(OC(C)C)nc1)NCc1ccsc1.I. The van der Waals surface area contributed by atoms with E-state index >= 15 is 0 Å². The summed E-state index contributed by atoms with van der Waals surface area (Å²) in [7, 11) is 1.76. The molecule has 0 spiro atoms. The van der Waals surface area contributed by atoms with Gasteiger partial charge in [-0.25, -0.2) is 4.98 Å². The molecule has 0 aliphatic carbocycles. The molecule has 126 valence electrons. The van der Waals surface area contributed by atoms with E-state index in [-0.39, 0.29) is 30.1 Å². The van der Waals surface area contributed by atoms with Gasteiger partial charge in [0.2, 0.25) is 5.88 Å². The number of nitrogens with one attached hydrogen (secondary N) is 2. The summed E-state index contributed by atoms with van der Waals surface area (Å²) in [6, 6.07) is 5.99. The number of aromatic nitrogens is 1. The highest BCUT2D eigenvalue weighted by Gasteiger charge is 2.02. The van der Waals surface area contributed by atoms with Crippen molar-refractivity contribution in [2.24, 2.45) is 4.99 Å². The van der Waals surface area contributed by atoms with Crippen molar-refractivity contribution >= 4 is 41.3 Å². The van der Waals surface area contributed by atoms with Gasteiger partial charge in [-0.05, 0) is 41.8 Å². The number of hydrogen-bond acceptors (Lipinski definition) is 4. The van der Waals surface area contributed by atoms with Gasteiger partial charge in [0.05, 0.1) is 6.10 Å². The third kappa shape index (κ3) is 7.17. The zero-order chi connectivity index (χ0) is 15.8. The molecule has 2 aromatic heterocycles. The van der Waals surface area contributed by atoms with Crippen LogP contribution in [-0.4, -0.2) is 24.1 Å². The van der Waals surface area contributed by atoms with Crippen LogP contribution in [0.3, 0.4) is 0 Å². The second kappa shape index (κ2) is 10.4. The van der Waals surface area contributed by atoms with Crippen LogP contribution in [0.1, 0.15) is 25.0 Å². The van der Waals surface area contributed by atoms with Gasteiger partial charge in [0.25, 0.3) is 0 Å². The molecular formula is C16H23IN4OS. The van der Waals surface area contributed by atoms with Gasteiger partial charge in [-0.1, -0.05) is 6.07 Å². The predicted octanol–water partition coefficient (Wildman–Crippen LogP) is 3.41. The Morgan fingerprint density at radius 1 is 1.22 bits per heavy atom. The number of guanidine groups is 1. The topological polar surface area (TPSA) is 58.5 Å². The normalized spacial score (nSPS) is 11.0. The molecule has 0 aliphatic rings. The molecule has 0 aliphatic heterocycles. The number of rotatable bonds is 6. The first-order valence-electron chi connectivity index (χ1n) is 7.24. The van der Waals surface area contributed by atoms with Crippen LogP contribution >= 0.6 is 35.3 Å². The van der Waals surface area contributed by atoms with Crippen LogP contribution in [-0.2, 0) is 13.1 Å². The van der Waals surface area contributed by atoms with Crippen molar-refractivity contribution < 1.29 is 4.74 Å². The fourth-order valence-electron chi connectivity index (χ4n) is 1.81. The Labute approximate surface area is 158 Å². The fraction of sp³-hybridized carbons (Fsp3) is 0.375. The summed E-state index contributed by atoms with van der Waals surface area (Å²) in [5.74, 6) is 1.42. The van der Waals surface area contributed by atoms with Crippen molar-refractivity contribution in [2.45, 2.75) is 33.0 Å². The van der Waals surface area contributed by atoms with Crippen molar-refractivity contribution in [1.29, 1.82) is 0 Å². The maximum Gasteiger partial charge on any atom is 0.213 e. The van der Waals surface area contributed by atoms with Crippen LogP contribution in [0.25, 0.3) is 0 Å². The maximum absolute atomic E-state index is 5.53. The van der Waals surface area contributed by atoms with Gasteiger partial charge in [0.15, 0.2) is 5.96 Å². The van der Waals surface area contributed by atoms with Crippen LogP contribution in [0.2, 0.25) is 0 Å². The van der Waals surface area contributed by atoms with E-state index in [2.05, 4.69) is 37.4 Å². The van der Waals surface area contributed by atoms with Gasteiger partial charge in [-0.15, -0.1) is 24.0 Å². The Hall–Kier alpha value is -1.35. The molecule has 7 heteroatoms. The average molecular weight is 446 g/mol. The number of nitrogens with zero attached hydrogens (tertiary/aromatic N) is 2. The average Bonchev–Trinajstić information content (AvgIpc) is 3.02. The highest BCUT2D eigenvalue weighted by Crippen LogP contribution is 2.09. The van der Waals surface area contributed by atoms with E-state index in [9.17, 15) is 0 Å². The zero-order valence-corrected chi connectivity index (χ0v) is 16.7. The zero-order valence-electron chi connectivity index (χ0n) is 13.6. The van der Waals surface area contributed by atoms with Crippen LogP contribution in [0.4, 0.5) is 0 Å². The van der Waals surface area contributed by atoms with Crippen molar-refractivity contribution in [1.82, 2.24) is 15.6 Å². The molecule has 0 bridgehead atoms. The van der Waals surface area contributed by atoms with Crippen LogP contribution in [0.15, 0.2) is 40.1 Å². The molecule has 0 radical (unpaired) electrons. The van der Waals surface area contributed by atoms with Gasteiger partial charge in [-0.2, -0.15) is 11.3 Å². The van der Waals surface area contributed by atoms with Crippen molar-refractivity contribution in [3.63, 3.8) is 0 Å². The van der Waals surface area contributed by atoms with E-state index < -0.39 is 0 Å². The lowest BCUT2D eigenvalue weighted by atomic mass is 10.3. The number of halogens is 1. The van der Waals surface area contributed by atoms with Crippen molar-refractivity contribution in [2.75, 3.05) is 7.05 Å². The van der Waals surface area contributed by atoms with E-state index in [4.69, 9.17) is 4.74 Å². The summed E-state index contributed by atoms with van der Waals surface area (Å²) < 4.78 is 5.53. The third-order valence-corrected chi connectivity index (χ3v) is 3.61. The highest BCUT2D eigenvalue weighted by molar-refractivity contribution is 14.0. The second-order valence-corrected chi connectivity index (χ2v) is 5.86. The summed E-state index contributed by atoms with van der Waals surface area (Å²) in [6.07, 6.45) is 1.95. The molecular weight excluding hydrogens is 423 g/mol. The quantitative estimate of drug-likeness (QED) is 0.406. The van der Waals surface area contributed by atoms with Crippen molar-refractivity contribution in [3.05, 3.63) is 46.3 Å². The molecule has 23 heavy (non-hydrogen) atoms. The molecule has 0 atom stereocenters. The molecule has 2 rings (SSSR count). The Kier molecular flexibility index (Phi) is 8.93. The monoisotopic (exact) mass is 446 g/mol. The van der Waals surface area contributed by atoms with Crippen LogP contribution < -0.4 is 15.4 Å². The number of thiophene rings is 1. The van der Waals surface area contributed by atoms with Gasteiger partial charge < -0.3 is 15.4 Å². The summed E-state index contributed by atoms with van der Waals surface area (Å²) in [4.78, 5) is 8.50. The van der Waals surface area contributed by atoms with E-state index in [1.807, 2.05) is 32.2 Å². The Bertz CT molecular complexity index is 585. The van der Waals surface area contributed by atoms with E-state index in [0.29, 0.717) is 12.4 Å². The van der Waals surface area contributed by atoms with E-state index in [0.717, 1.165) is 18.1 Å². The lowest BCUT2D eigenvalue weighted by Gasteiger charge is -2.12. The van der Waals surface area contributed by atoms with Crippen LogP contribution in [0, 0.1) is 0 Å². The summed E-state index contributed by atoms with van der Waals surface area (Å²) in [5, 5.41) is 10.7. The second-order valence-electron chi connectivity index (χ2n) is 5.08. The molecule has 2 heterocycles. The lowest BCUT2D eigenvalue weighted by Crippen LogP contribution is -2.36. The molecule has 0 fully saturated rings. The molecule has 0 saturated carbocycles. The summed E-state index contributed by atoms with van der Waals surface area (Å²) in [6.45, 7) is 5.40. The number of pyridine rings is 1. The summed E-state index contributed by atoms with van der Waals surface area (Å²) >= 11 is 1.69. The first-order chi connectivity index (χ1) is 10.7. The van der Waals surface area contributed by atoms with Crippen LogP contribution in [0.5, 0.6) is 5.88 Å². The molecule has 0 saturated heterocycles. The Morgan fingerprint density at radius 2 is 1.96 bits per heavy atom. The van der Waals surface area contributed by atoms with Gasteiger partial charge in [0, 0.05) is 32.4 Å². The fourth-order valence-corrected chi connectivity index (χ4v) is 2.48. The lowest BCUT2D eigenvalue weighted by molar-refractivity contribution is 0.232. The molecule has 2 N–H and O–H groups in total. The standard InChI is InChI=1S/C16H22N4OS.HI/c1-12(2)21-15-5-4-13(8-18-15)9-19-16(17-3)20-10-14-6-7-22-11-14;/h4-8,11-12H,9-10H2,1-3H3,(H2,17,19,20);1H. The highest BCUT2D eigenvalue weighted by atomic mass is 127. The maximum atomic E-state index is 5.53. The predicted molar refractivity (Wildman–Crippen MR) is 107 cm³/mol. The minimum absolute atomic E-state index is 0. The number of aliphatic imine (C=N–C) groups is 1. The largest absolute Gasteiger partial charge is 0.475 e. The Morgan fingerprint density at radius 3 is 2.48 bits per heavy atom. The number of ether oxygens (including phenoxy) is 1. The van der Waals surface area contributed by atoms with E-state index in [1.54, 1.807) is 18.4 Å². The minimum atomic E-state index is 0. The van der Waals surface area contributed by atoms with Gasteiger partial charge in [0.1, 0.15) is 0 Å². The van der Waals surface area contributed by atoms with Gasteiger partial charge >= 0.3 is 0 Å². The minimum Gasteiger partial charge on any atom is -0.475 e. The third-order valence-electron chi connectivity index (χ3n) is 2.88. The van der Waals surface area contributed by atoms with Crippen molar-refractivity contribution in [3.8, 4) is 5.88 Å². The summed E-state index contributed by atoms with van der Waals surface area (Å²) in [5.41, 5.74) is 2.33. The first kappa shape index (κ1) is 19.7. The van der Waals surface area contributed by atoms with Gasteiger partial charge in [-0.3, -0.25) is 4.99 Å². The molecule has 0 aromatic carbocycles.